The van der Waals surface area contributed by atoms with Gasteiger partial charge in [-0.15, -0.1) is 0 Å². The second kappa shape index (κ2) is 12.4. The third kappa shape index (κ3) is 6.90. The van der Waals surface area contributed by atoms with Crippen molar-refractivity contribution in [3.8, 4) is 0 Å². The largest absolute Gasteiger partial charge is 0.760 e. The lowest BCUT2D eigenvalue weighted by Gasteiger charge is -2.20. The average molecular weight is 531 g/mol. The molecule has 1 unspecified atom stereocenters. The number of hydrogen-bond donors (Lipinski definition) is 3. The number of fused-ring (bicyclic) bond motifs is 1. The molecular formula is C24H29ClN7O3S-. The van der Waals surface area contributed by atoms with E-state index in [0.717, 1.165) is 37.4 Å². The van der Waals surface area contributed by atoms with Crippen molar-refractivity contribution < 1.29 is 13.5 Å². The molecule has 1 aliphatic rings. The zero-order valence-electron chi connectivity index (χ0n) is 20.2. The van der Waals surface area contributed by atoms with Crippen LogP contribution in [0.1, 0.15) is 11.1 Å². The van der Waals surface area contributed by atoms with Crippen LogP contribution in [0.5, 0.6) is 0 Å². The number of anilines is 5. The van der Waals surface area contributed by atoms with Crippen LogP contribution < -0.4 is 20.3 Å². The Morgan fingerprint density at radius 2 is 2.03 bits per heavy atom. The second-order valence-corrected chi connectivity index (χ2v) is 9.55. The van der Waals surface area contributed by atoms with E-state index >= 15 is 0 Å². The minimum Gasteiger partial charge on any atom is -0.760 e. The van der Waals surface area contributed by atoms with Crippen LogP contribution in [-0.4, -0.2) is 64.0 Å². The zero-order valence-corrected chi connectivity index (χ0v) is 21.7. The monoisotopic (exact) mass is 530 g/mol. The van der Waals surface area contributed by atoms with Gasteiger partial charge in [0.2, 0.25) is 5.95 Å². The Morgan fingerprint density at radius 3 is 2.83 bits per heavy atom. The lowest BCUT2D eigenvalue weighted by molar-refractivity contribution is 0.147. The van der Waals surface area contributed by atoms with Crippen LogP contribution in [0.2, 0.25) is 5.02 Å². The summed E-state index contributed by atoms with van der Waals surface area (Å²) in [4.78, 5) is 13.5. The molecule has 12 heteroatoms. The Balaban J connectivity index is 1.53. The number of rotatable bonds is 10. The third-order valence-electron chi connectivity index (χ3n) is 5.90. The van der Waals surface area contributed by atoms with Crippen LogP contribution in [0, 0.1) is 0 Å². The molecule has 0 bridgehead atoms. The van der Waals surface area contributed by atoms with Crippen molar-refractivity contribution in [2.24, 2.45) is 0 Å². The molecule has 0 radical (unpaired) electrons. The van der Waals surface area contributed by atoms with Crippen molar-refractivity contribution in [2.45, 2.75) is 13.1 Å². The fourth-order valence-corrected chi connectivity index (χ4v) is 4.42. The van der Waals surface area contributed by atoms with Crippen LogP contribution in [-0.2, 0) is 29.1 Å². The van der Waals surface area contributed by atoms with E-state index in [0.29, 0.717) is 29.1 Å². The van der Waals surface area contributed by atoms with Crippen LogP contribution in [0.3, 0.4) is 0 Å². The summed E-state index contributed by atoms with van der Waals surface area (Å²) in [7, 11) is 3.83. The van der Waals surface area contributed by atoms with Crippen LogP contribution in [0.4, 0.5) is 28.8 Å². The summed E-state index contributed by atoms with van der Waals surface area (Å²) in [6, 6.07) is 13.6. The van der Waals surface area contributed by atoms with Gasteiger partial charge in [-0.05, 0) is 35.4 Å². The predicted octanol–water partition coefficient (Wildman–Crippen LogP) is 3.40. The van der Waals surface area contributed by atoms with E-state index in [1.807, 2.05) is 30.3 Å². The van der Waals surface area contributed by atoms with E-state index in [9.17, 15) is 8.76 Å². The molecule has 0 spiro atoms. The van der Waals surface area contributed by atoms with Gasteiger partial charge in [-0.3, -0.25) is 9.11 Å². The number of halogens is 1. The Labute approximate surface area is 218 Å². The Kier molecular flexibility index (Phi) is 9.08. The molecule has 1 aliphatic heterocycles. The minimum atomic E-state index is -2.36. The summed E-state index contributed by atoms with van der Waals surface area (Å²) < 4.78 is 29.5. The fraction of sp³-hybridized carbons (Fsp3) is 0.333. The Hall–Kier alpha value is -2.80. The number of hydrogen-bond acceptors (Lipinski definition) is 9. The van der Waals surface area contributed by atoms with Gasteiger partial charge < -0.3 is 24.8 Å². The predicted molar refractivity (Wildman–Crippen MR) is 143 cm³/mol. The normalized spacial score (nSPS) is 14.7. The molecule has 0 fully saturated rings. The van der Waals surface area contributed by atoms with Gasteiger partial charge in [-0.1, -0.05) is 29.8 Å². The SMILES string of the molecule is COCCN1CCN(C)c2ccc(Nc3ncc(Cl)c(Nc4ccccc4CNS(=O)[O-])n3)cc2C1. The highest BCUT2D eigenvalue weighted by Crippen LogP contribution is 2.30. The van der Waals surface area contributed by atoms with Gasteiger partial charge >= 0.3 is 0 Å². The molecule has 3 N–H and O–H groups in total. The molecule has 4 rings (SSSR count). The first kappa shape index (κ1) is 26.3. The molecule has 3 aromatic rings. The maximum atomic E-state index is 10.9. The molecule has 1 atom stereocenters. The first-order valence-electron chi connectivity index (χ1n) is 11.5. The van der Waals surface area contributed by atoms with Gasteiger partial charge in [0.05, 0.1) is 12.8 Å². The Morgan fingerprint density at radius 1 is 1.19 bits per heavy atom. The number of methoxy groups -OCH3 is 1. The summed E-state index contributed by atoms with van der Waals surface area (Å²) in [5.41, 5.74) is 4.71. The molecule has 36 heavy (non-hydrogen) atoms. The summed E-state index contributed by atoms with van der Waals surface area (Å²) in [5.74, 6) is 0.793. The molecule has 2 heterocycles. The third-order valence-corrected chi connectivity index (χ3v) is 6.56. The molecule has 2 aromatic carbocycles. The van der Waals surface area contributed by atoms with E-state index in [1.54, 1.807) is 7.11 Å². The molecule has 1 aromatic heterocycles. The molecular weight excluding hydrogens is 502 g/mol. The first-order chi connectivity index (χ1) is 17.4. The number of nitrogens with one attached hydrogen (secondary N) is 3. The van der Waals surface area contributed by atoms with Crippen molar-refractivity contribution in [1.29, 1.82) is 0 Å². The quantitative estimate of drug-likeness (QED) is 0.339. The number of para-hydroxylation sites is 1. The van der Waals surface area contributed by atoms with Crippen molar-refractivity contribution in [3.05, 3.63) is 64.8 Å². The van der Waals surface area contributed by atoms with Crippen molar-refractivity contribution in [3.63, 3.8) is 0 Å². The Bertz CT molecular complexity index is 1220. The smallest absolute Gasteiger partial charge is 0.229 e. The van der Waals surface area contributed by atoms with Crippen molar-refractivity contribution in [1.82, 2.24) is 19.6 Å². The highest BCUT2D eigenvalue weighted by atomic mass is 35.5. The highest BCUT2D eigenvalue weighted by Gasteiger charge is 2.18. The molecule has 0 saturated carbocycles. The van der Waals surface area contributed by atoms with E-state index in [-0.39, 0.29) is 6.54 Å². The van der Waals surface area contributed by atoms with Gasteiger partial charge in [-0.2, -0.15) is 4.98 Å². The van der Waals surface area contributed by atoms with Gasteiger partial charge in [0.1, 0.15) is 5.02 Å². The lowest BCUT2D eigenvalue weighted by atomic mass is 10.1. The number of benzene rings is 2. The van der Waals surface area contributed by atoms with Crippen molar-refractivity contribution >= 4 is 51.7 Å². The molecule has 192 valence electrons. The van der Waals surface area contributed by atoms with E-state index in [4.69, 9.17) is 16.3 Å². The summed E-state index contributed by atoms with van der Waals surface area (Å²) >= 11 is 4.00. The number of ether oxygens (including phenoxy) is 1. The van der Waals surface area contributed by atoms with Crippen LogP contribution in [0.25, 0.3) is 0 Å². The standard InChI is InChI=1S/C24H30ClN7O3S/c1-31-9-10-32(11-12-35-2)16-18-13-19(7-8-22(18)31)28-24-26-15-20(25)23(30-24)29-21-6-4-3-5-17(21)14-27-36(33)34/h3-8,13,15,27H,9-12,14,16H2,1-2H3,(H,33,34)(H2,26,28,29,30)/p-1. The molecule has 0 aliphatic carbocycles. The van der Waals surface area contributed by atoms with Gasteiger partial charge in [-0.25, -0.2) is 9.71 Å². The fourth-order valence-electron chi connectivity index (χ4n) is 4.01. The summed E-state index contributed by atoms with van der Waals surface area (Å²) in [5, 5.41) is 6.81. The van der Waals surface area contributed by atoms with E-state index < -0.39 is 11.3 Å². The minimum absolute atomic E-state index is 0.137. The zero-order chi connectivity index (χ0) is 25.5. The topological polar surface area (TPSA) is 118 Å². The molecule has 0 saturated heterocycles. The summed E-state index contributed by atoms with van der Waals surface area (Å²) in [6.07, 6.45) is 1.52. The van der Waals surface area contributed by atoms with Gasteiger partial charge in [0.25, 0.3) is 0 Å². The van der Waals surface area contributed by atoms with Gasteiger partial charge in [0, 0.05) is 75.2 Å². The molecule has 0 amide bonds. The average Bonchev–Trinajstić information content (AvgIpc) is 3.02. The lowest BCUT2D eigenvalue weighted by Crippen LogP contribution is -2.31. The van der Waals surface area contributed by atoms with Crippen molar-refractivity contribution in [2.75, 3.05) is 55.9 Å². The van der Waals surface area contributed by atoms with E-state index in [1.165, 1.54) is 17.4 Å². The maximum absolute atomic E-state index is 10.9. The number of nitrogens with zero attached hydrogens (tertiary/aromatic N) is 4. The summed E-state index contributed by atoms with van der Waals surface area (Å²) in [6.45, 7) is 4.44. The van der Waals surface area contributed by atoms with Gasteiger partial charge in [0.15, 0.2) is 5.82 Å². The highest BCUT2D eigenvalue weighted by molar-refractivity contribution is 7.77. The maximum Gasteiger partial charge on any atom is 0.229 e. The van der Waals surface area contributed by atoms with E-state index in [2.05, 4.69) is 54.3 Å². The number of aromatic nitrogens is 2. The molecule has 10 nitrogen and oxygen atoms in total. The number of likely N-dealkylation sites (N-methyl/N-ethyl adjacent to an activating group) is 1. The second-order valence-electron chi connectivity index (χ2n) is 8.39. The van der Waals surface area contributed by atoms with Crippen LogP contribution >= 0.6 is 11.6 Å². The van der Waals surface area contributed by atoms with Crippen LogP contribution in [0.15, 0.2) is 48.7 Å². The first-order valence-corrected chi connectivity index (χ1v) is 12.9.